The summed E-state index contributed by atoms with van der Waals surface area (Å²) >= 11 is 0. The SMILES string of the molecule is CN(C)c1ccccc1/C(=C(\B(c1ccc(-c2ccccc2)cc1)c1ccc(-c2ccccc2)cc1)c1ccc(-c2ccccc2)cc1)c1ccccc1. The van der Waals surface area contributed by atoms with E-state index in [0.717, 1.165) is 0 Å². The molecule has 54 heavy (non-hydrogen) atoms. The van der Waals surface area contributed by atoms with Crippen LogP contribution in [0.3, 0.4) is 0 Å². The summed E-state index contributed by atoms with van der Waals surface area (Å²) < 4.78 is 0. The molecule has 0 saturated heterocycles. The molecule has 0 fully saturated rings. The molecule has 1 nitrogen and oxygen atoms in total. The molecular weight excluding hydrogens is 649 g/mol. The molecule has 0 aliphatic carbocycles. The largest absolute Gasteiger partial charge is 0.377 e. The van der Waals surface area contributed by atoms with E-state index < -0.39 is 0 Å². The van der Waals surface area contributed by atoms with Crippen LogP contribution in [-0.2, 0) is 0 Å². The van der Waals surface area contributed by atoms with Crippen molar-refractivity contribution >= 4 is 34.4 Å². The Hall–Kier alpha value is -6.64. The highest BCUT2D eigenvalue weighted by Gasteiger charge is 2.30. The van der Waals surface area contributed by atoms with E-state index in [2.05, 4.69) is 237 Å². The molecule has 0 radical (unpaired) electrons. The maximum Gasteiger partial charge on any atom is 0.242 e. The van der Waals surface area contributed by atoms with Crippen LogP contribution in [0.5, 0.6) is 0 Å². The predicted octanol–water partition coefficient (Wildman–Crippen LogP) is 11.6. The van der Waals surface area contributed by atoms with Crippen molar-refractivity contribution in [2.24, 2.45) is 0 Å². The fraction of sp³-hybridized carbons (Fsp3) is 0.0385. The third-order valence-corrected chi connectivity index (χ3v) is 10.3. The van der Waals surface area contributed by atoms with Gasteiger partial charge in [-0.1, -0.05) is 229 Å². The van der Waals surface area contributed by atoms with Crippen LogP contribution >= 0.6 is 0 Å². The first-order valence-electron chi connectivity index (χ1n) is 18.7. The molecule has 8 rings (SSSR count). The molecule has 0 aliphatic rings. The van der Waals surface area contributed by atoms with Crippen LogP contribution < -0.4 is 15.8 Å². The van der Waals surface area contributed by atoms with Crippen molar-refractivity contribution in [1.82, 2.24) is 0 Å². The van der Waals surface area contributed by atoms with Crippen LogP contribution in [0.25, 0.3) is 44.4 Å². The van der Waals surface area contributed by atoms with Gasteiger partial charge >= 0.3 is 0 Å². The fourth-order valence-electron chi connectivity index (χ4n) is 7.59. The van der Waals surface area contributed by atoms with Crippen LogP contribution in [-0.4, -0.2) is 20.8 Å². The zero-order chi connectivity index (χ0) is 36.7. The van der Waals surface area contributed by atoms with Crippen LogP contribution in [0.1, 0.15) is 16.7 Å². The molecule has 0 atom stereocenters. The highest BCUT2D eigenvalue weighted by molar-refractivity contribution is 7.01. The smallest absolute Gasteiger partial charge is 0.242 e. The van der Waals surface area contributed by atoms with Gasteiger partial charge in [-0.25, -0.2) is 0 Å². The van der Waals surface area contributed by atoms with E-state index in [1.165, 1.54) is 77.7 Å². The number of hydrogen-bond donors (Lipinski definition) is 0. The van der Waals surface area contributed by atoms with Gasteiger partial charge in [0.15, 0.2) is 0 Å². The average molecular weight is 692 g/mol. The minimum atomic E-state index is -0.0901. The number of rotatable bonds is 10. The Morgan fingerprint density at radius 1 is 0.333 bits per heavy atom. The fourth-order valence-corrected chi connectivity index (χ4v) is 7.59. The Bertz CT molecular complexity index is 2370. The van der Waals surface area contributed by atoms with Crippen LogP contribution in [0.2, 0.25) is 0 Å². The average Bonchev–Trinajstić information content (AvgIpc) is 3.25. The summed E-state index contributed by atoms with van der Waals surface area (Å²) in [6, 6.07) is 79.3. The van der Waals surface area contributed by atoms with Gasteiger partial charge in [0.1, 0.15) is 0 Å². The monoisotopic (exact) mass is 691 g/mol. The van der Waals surface area contributed by atoms with Gasteiger partial charge < -0.3 is 4.90 Å². The molecule has 0 heterocycles. The zero-order valence-corrected chi connectivity index (χ0v) is 30.8. The van der Waals surface area contributed by atoms with E-state index in [9.17, 15) is 0 Å². The molecule has 8 aromatic rings. The molecule has 0 bridgehead atoms. The van der Waals surface area contributed by atoms with Gasteiger partial charge in [0.2, 0.25) is 6.71 Å². The van der Waals surface area contributed by atoms with Crippen LogP contribution in [0, 0.1) is 0 Å². The van der Waals surface area contributed by atoms with E-state index in [1.807, 2.05) is 0 Å². The van der Waals surface area contributed by atoms with Gasteiger partial charge in [-0.3, -0.25) is 0 Å². The molecule has 0 spiro atoms. The summed E-state index contributed by atoms with van der Waals surface area (Å²) in [6.45, 7) is -0.0901. The van der Waals surface area contributed by atoms with Crippen molar-refractivity contribution in [3.05, 3.63) is 235 Å². The topological polar surface area (TPSA) is 3.24 Å². The van der Waals surface area contributed by atoms with E-state index in [-0.39, 0.29) is 6.71 Å². The van der Waals surface area contributed by atoms with Gasteiger partial charge in [-0.15, -0.1) is 0 Å². The van der Waals surface area contributed by atoms with Crippen molar-refractivity contribution in [3.8, 4) is 33.4 Å². The summed E-state index contributed by atoms with van der Waals surface area (Å²) in [5, 5.41) is 0. The lowest BCUT2D eigenvalue weighted by Gasteiger charge is -2.27. The first-order chi connectivity index (χ1) is 26.6. The highest BCUT2D eigenvalue weighted by Crippen LogP contribution is 2.39. The van der Waals surface area contributed by atoms with Crippen molar-refractivity contribution < 1.29 is 0 Å². The lowest BCUT2D eigenvalue weighted by molar-refractivity contribution is 1.13. The Labute approximate surface area is 320 Å². The first-order valence-corrected chi connectivity index (χ1v) is 18.7. The van der Waals surface area contributed by atoms with E-state index in [0.29, 0.717) is 0 Å². The Balaban J connectivity index is 1.42. The van der Waals surface area contributed by atoms with Gasteiger partial charge in [-0.05, 0) is 56.1 Å². The minimum absolute atomic E-state index is 0.0901. The molecule has 0 saturated carbocycles. The third-order valence-electron chi connectivity index (χ3n) is 10.3. The standard InChI is InChI=1S/C52H42BN/c1-54(2)50-26-16-15-25-49(50)51(45-23-13-6-14-24-45)52(46-29-27-42(28-30-46)39-17-7-3-8-18-39)53(47-35-31-43(32-36-47)40-19-9-4-10-20-40)48-37-33-44(34-38-48)41-21-11-5-12-22-41/h3-38H,1-2H3/b52-51-. The Kier molecular flexibility index (Phi) is 10.2. The zero-order valence-electron chi connectivity index (χ0n) is 30.8. The van der Waals surface area contributed by atoms with E-state index in [1.54, 1.807) is 0 Å². The molecule has 0 aliphatic heterocycles. The maximum atomic E-state index is 2.33. The number of benzene rings is 8. The molecule has 0 amide bonds. The van der Waals surface area contributed by atoms with Gasteiger partial charge in [0.25, 0.3) is 0 Å². The Morgan fingerprint density at radius 2 is 0.685 bits per heavy atom. The second kappa shape index (κ2) is 15.9. The molecule has 258 valence electrons. The molecule has 2 heteroatoms. The van der Waals surface area contributed by atoms with E-state index >= 15 is 0 Å². The van der Waals surface area contributed by atoms with Gasteiger partial charge in [-0.2, -0.15) is 0 Å². The summed E-state index contributed by atoms with van der Waals surface area (Å²) in [5.41, 5.74) is 16.9. The molecule has 0 N–H and O–H groups in total. The number of anilines is 1. The highest BCUT2D eigenvalue weighted by atomic mass is 15.1. The molecule has 8 aromatic carbocycles. The number of hydrogen-bond acceptors (Lipinski definition) is 1. The third kappa shape index (κ3) is 7.33. The second-order valence-corrected chi connectivity index (χ2v) is 13.9. The van der Waals surface area contributed by atoms with Gasteiger partial charge in [0.05, 0.1) is 0 Å². The molecule has 0 aromatic heterocycles. The van der Waals surface area contributed by atoms with Crippen molar-refractivity contribution in [1.29, 1.82) is 0 Å². The Morgan fingerprint density at radius 3 is 1.11 bits per heavy atom. The predicted molar refractivity (Wildman–Crippen MR) is 234 cm³/mol. The lowest BCUT2D eigenvalue weighted by atomic mass is 9.34. The number of para-hydroxylation sites is 1. The summed E-state index contributed by atoms with van der Waals surface area (Å²) in [4.78, 5) is 2.23. The summed E-state index contributed by atoms with van der Waals surface area (Å²) in [5.74, 6) is 0. The summed E-state index contributed by atoms with van der Waals surface area (Å²) in [7, 11) is 4.27. The van der Waals surface area contributed by atoms with Crippen LogP contribution in [0.15, 0.2) is 218 Å². The number of nitrogens with zero attached hydrogens (tertiary/aromatic N) is 1. The van der Waals surface area contributed by atoms with Crippen LogP contribution in [0.4, 0.5) is 5.69 Å². The summed E-state index contributed by atoms with van der Waals surface area (Å²) in [6.07, 6.45) is 0. The normalized spacial score (nSPS) is 11.4. The lowest BCUT2D eigenvalue weighted by Crippen LogP contribution is -2.44. The minimum Gasteiger partial charge on any atom is -0.377 e. The maximum absolute atomic E-state index is 2.33. The van der Waals surface area contributed by atoms with Crippen molar-refractivity contribution in [2.45, 2.75) is 0 Å². The van der Waals surface area contributed by atoms with Crippen molar-refractivity contribution in [3.63, 3.8) is 0 Å². The second-order valence-electron chi connectivity index (χ2n) is 13.9. The molecule has 0 unspecified atom stereocenters. The van der Waals surface area contributed by atoms with E-state index in [4.69, 9.17) is 0 Å². The first kappa shape index (κ1) is 34.5. The molecular formula is C52H42BN. The van der Waals surface area contributed by atoms with Crippen molar-refractivity contribution in [2.75, 3.05) is 19.0 Å². The quantitative estimate of drug-likeness (QED) is 0.102. The van der Waals surface area contributed by atoms with Gasteiger partial charge in [0, 0.05) is 25.3 Å².